The van der Waals surface area contributed by atoms with Crippen LogP contribution in [0.1, 0.15) is 23.3 Å². The van der Waals surface area contributed by atoms with Crippen LogP contribution in [-0.4, -0.2) is 26.0 Å². The molecule has 0 saturated heterocycles. The average Bonchev–Trinajstić information content (AvgIpc) is 3.44. The number of nitrogens with zero attached hydrogens (tertiary/aromatic N) is 4. The molecule has 0 aliphatic heterocycles. The number of benzene rings is 4. The van der Waals surface area contributed by atoms with E-state index in [-0.39, 0.29) is 48.1 Å². The van der Waals surface area contributed by atoms with Crippen LogP contribution in [0.4, 0.5) is 22.7 Å². The highest BCUT2D eigenvalue weighted by Gasteiger charge is 2.14. The molecule has 0 saturated carbocycles. The number of carbonyl (C=O) groups excluding carboxylic acids is 1. The van der Waals surface area contributed by atoms with E-state index in [9.17, 15) is 45.3 Å². The smallest absolute Gasteiger partial charge is 0.270 e. The third kappa shape index (κ3) is 7.61. The van der Waals surface area contributed by atoms with Gasteiger partial charge < -0.3 is 9.15 Å². The fraction of sp³-hybridized carbons (Fsp3) is 0.0690. The molecule has 5 aromatic rings. The lowest BCUT2D eigenvalue weighted by atomic mass is 10.1. The lowest BCUT2D eigenvalue weighted by Crippen LogP contribution is -1.99. The van der Waals surface area contributed by atoms with Gasteiger partial charge in [-0.15, -0.1) is 0 Å². The molecule has 0 amide bonds. The Kier molecular flexibility index (Phi) is 10.1. The molecular formula is C29H22N4O11. The van der Waals surface area contributed by atoms with Gasteiger partial charge in [0.25, 0.3) is 22.7 Å². The van der Waals surface area contributed by atoms with E-state index < -0.39 is 19.7 Å². The van der Waals surface area contributed by atoms with E-state index in [1.54, 1.807) is 18.2 Å². The van der Waals surface area contributed by atoms with Crippen molar-refractivity contribution >= 4 is 40.0 Å². The average molecular weight is 603 g/mol. The van der Waals surface area contributed by atoms with Crippen LogP contribution in [-0.2, 0) is 6.61 Å². The molecule has 0 spiro atoms. The number of furan rings is 1. The quantitative estimate of drug-likeness (QED) is 0.0917. The molecule has 0 aliphatic carbocycles. The molecule has 1 aromatic heterocycles. The molecule has 0 fully saturated rings. The number of nitro benzene ring substituents is 4. The Balaban J connectivity index is 0.000000235. The van der Waals surface area contributed by atoms with Crippen molar-refractivity contribution in [3.63, 3.8) is 0 Å². The summed E-state index contributed by atoms with van der Waals surface area (Å²) >= 11 is 0. The van der Waals surface area contributed by atoms with Crippen molar-refractivity contribution in [2.24, 2.45) is 0 Å². The second-order valence-corrected chi connectivity index (χ2v) is 8.70. The Bertz CT molecular complexity index is 1850. The molecule has 0 aliphatic rings. The van der Waals surface area contributed by atoms with Gasteiger partial charge in [0.2, 0.25) is 0 Å². The zero-order valence-electron chi connectivity index (χ0n) is 21.7. The van der Waals surface area contributed by atoms with Gasteiger partial charge in [-0.3, -0.25) is 45.3 Å². The maximum absolute atomic E-state index is 11.0. The van der Waals surface area contributed by atoms with Crippen molar-refractivity contribution in [2.75, 3.05) is 0 Å². The van der Waals surface area contributed by atoms with Gasteiger partial charge in [0.05, 0.1) is 25.3 Å². The predicted molar refractivity (Wildman–Crippen MR) is 158 cm³/mol. The minimum absolute atomic E-state index is 0. The molecule has 0 bridgehead atoms. The van der Waals surface area contributed by atoms with Crippen LogP contribution in [0.2, 0.25) is 0 Å². The summed E-state index contributed by atoms with van der Waals surface area (Å²) in [6, 6.07) is 21.3. The standard InChI is InChI=1S/C14H10N2O6.C14H8N2O5.CH4/c17-8-11-7-13(16(20)21)5-6-14(11)22-9-10-1-3-12(4-2-10)15(18)19;17-15(18)11-3-1-9(2-4-11)14-8-10-7-12(16(19)20)5-6-13(10)21-14;/h1-8H,9H2;1-8H;1H4. The second kappa shape index (κ2) is 13.9. The van der Waals surface area contributed by atoms with Crippen molar-refractivity contribution in [1.82, 2.24) is 0 Å². The van der Waals surface area contributed by atoms with E-state index in [2.05, 4.69) is 0 Å². The summed E-state index contributed by atoms with van der Waals surface area (Å²) < 4.78 is 11.0. The monoisotopic (exact) mass is 602 g/mol. The molecular weight excluding hydrogens is 580 g/mol. The molecule has 0 unspecified atom stereocenters. The molecule has 5 rings (SSSR count). The molecule has 4 aromatic carbocycles. The molecule has 1 heterocycles. The van der Waals surface area contributed by atoms with E-state index in [1.807, 2.05) is 0 Å². The van der Waals surface area contributed by atoms with Gasteiger partial charge >= 0.3 is 0 Å². The van der Waals surface area contributed by atoms with Crippen molar-refractivity contribution in [2.45, 2.75) is 14.0 Å². The van der Waals surface area contributed by atoms with Gasteiger partial charge in [0.1, 0.15) is 23.7 Å². The van der Waals surface area contributed by atoms with Crippen molar-refractivity contribution in [1.29, 1.82) is 0 Å². The maximum Gasteiger partial charge on any atom is 0.270 e. The fourth-order valence-electron chi connectivity index (χ4n) is 3.78. The lowest BCUT2D eigenvalue weighted by Gasteiger charge is -2.08. The largest absolute Gasteiger partial charge is 0.488 e. The number of ether oxygens (including phenoxy) is 1. The number of carbonyl (C=O) groups is 1. The van der Waals surface area contributed by atoms with Gasteiger partial charge in [0, 0.05) is 59.5 Å². The Hall–Kier alpha value is -6.51. The van der Waals surface area contributed by atoms with Gasteiger partial charge in [0.15, 0.2) is 6.29 Å². The van der Waals surface area contributed by atoms with Crippen LogP contribution in [0, 0.1) is 40.5 Å². The summed E-state index contributed by atoms with van der Waals surface area (Å²) in [4.78, 5) is 51.4. The van der Waals surface area contributed by atoms with Crippen LogP contribution >= 0.6 is 0 Å². The summed E-state index contributed by atoms with van der Waals surface area (Å²) in [6.07, 6.45) is 0.470. The Morgan fingerprint density at radius 1 is 0.636 bits per heavy atom. The van der Waals surface area contributed by atoms with Crippen LogP contribution in [0.5, 0.6) is 5.75 Å². The Labute approximate surface area is 247 Å². The Morgan fingerprint density at radius 3 is 1.68 bits per heavy atom. The summed E-state index contributed by atoms with van der Waals surface area (Å²) in [6.45, 7) is 0.0800. The van der Waals surface area contributed by atoms with Gasteiger partial charge in [-0.25, -0.2) is 0 Å². The van der Waals surface area contributed by atoms with E-state index in [0.29, 0.717) is 34.1 Å². The van der Waals surface area contributed by atoms with Crippen molar-refractivity contribution in [3.8, 4) is 17.1 Å². The van der Waals surface area contributed by atoms with Gasteiger partial charge in [-0.2, -0.15) is 0 Å². The molecule has 0 atom stereocenters. The number of fused-ring (bicyclic) bond motifs is 1. The lowest BCUT2D eigenvalue weighted by molar-refractivity contribution is -0.385. The summed E-state index contributed by atoms with van der Waals surface area (Å²) in [5, 5.41) is 43.1. The van der Waals surface area contributed by atoms with E-state index in [0.717, 1.165) is 6.07 Å². The normalized spacial score (nSPS) is 10.1. The fourth-order valence-corrected chi connectivity index (χ4v) is 3.78. The Morgan fingerprint density at radius 2 is 1.14 bits per heavy atom. The highest BCUT2D eigenvalue weighted by molar-refractivity contribution is 5.85. The van der Waals surface area contributed by atoms with Gasteiger partial charge in [-0.1, -0.05) is 7.43 Å². The molecule has 0 radical (unpaired) electrons. The molecule has 15 nitrogen and oxygen atoms in total. The number of nitro groups is 4. The molecule has 224 valence electrons. The maximum atomic E-state index is 11.0. The number of rotatable bonds is 9. The SMILES string of the molecule is C.O=Cc1cc([N+](=O)[O-])ccc1OCc1ccc([N+](=O)[O-])cc1.O=[N+]([O-])c1ccc(-c2cc3cc([N+](=O)[O-])ccc3o2)cc1. The number of hydrogen-bond acceptors (Lipinski definition) is 11. The first-order valence-corrected chi connectivity index (χ1v) is 12.1. The first kappa shape index (κ1) is 32.0. The summed E-state index contributed by atoms with van der Waals surface area (Å²) in [5.41, 5.74) is 1.66. The van der Waals surface area contributed by atoms with E-state index >= 15 is 0 Å². The third-order valence-electron chi connectivity index (χ3n) is 5.95. The predicted octanol–water partition coefficient (Wildman–Crippen LogP) is 7.45. The zero-order valence-corrected chi connectivity index (χ0v) is 21.7. The zero-order chi connectivity index (χ0) is 31.1. The number of hydrogen-bond donors (Lipinski definition) is 0. The summed E-state index contributed by atoms with van der Waals surface area (Å²) in [7, 11) is 0. The number of aldehydes is 1. The van der Waals surface area contributed by atoms with Crippen molar-refractivity contribution in [3.05, 3.63) is 143 Å². The van der Waals surface area contributed by atoms with Crippen LogP contribution < -0.4 is 4.74 Å². The minimum atomic E-state index is -0.604. The van der Waals surface area contributed by atoms with E-state index in [4.69, 9.17) is 9.15 Å². The van der Waals surface area contributed by atoms with Gasteiger partial charge in [-0.05, 0) is 48.0 Å². The molecule has 0 N–H and O–H groups in total. The van der Waals surface area contributed by atoms with Crippen LogP contribution in [0.25, 0.3) is 22.3 Å². The first-order valence-electron chi connectivity index (χ1n) is 12.1. The number of non-ortho nitro benzene ring substituents is 4. The van der Waals surface area contributed by atoms with Crippen LogP contribution in [0.3, 0.4) is 0 Å². The van der Waals surface area contributed by atoms with Crippen molar-refractivity contribution < 1.29 is 33.6 Å². The third-order valence-corrected chi connectivity index (χ3v) is 5.95. The minimum Gasteiger partial charge on any atom is -0.488 e. The molecule has 15 heteroatoms. The first-order chi connectivity index (χ1) is 20.5. The highest BCUT2D eigenvalue weighted by Crippen LogP contribution is 2.31. The highest BCUT2D eigenvalue weighted by atomic mass is 16.6. The summed E-state index contributed by atoms with van der Waals surface area (Å²) in [5.74, 6) is 0.708. The molecule has 44 heavy (non-hydrogen) atoms. The van der Waals surface area contributed by atoms with E-state index in [1.165, 1.54) is 66.7 Å². The topological polar surface area (TPSA) is 212 Å². The second-order valence-electron chi connectivity index (χ2n) is 8.70. The van der Waals surface area contributed by atoms with Crippen LogP contribution in [0.15, 0.2) is 95.4 Å².